The number of nitrogens with zero attached hydrogens (tertiary/aromatic N) is 1. The van der Waals surface area contributed by atoms with Gasteiger partial charge in [0, 0.05) is 30.8 Å². The van der Waals surface area contributed by atoms with Gasteiger partial charge in [-0.3, -0.25) is 0 Å². The maximum absolute atomic E-state index is 13.3. The van der Waals surface area contributed by atoms with Crippen molar-refractivity contribution < 1.29 is 8.78 Å². The van der Waals surface area contributed by atoms with E-state index in [0.29, 0.717) is 5.69 Å². The number of thiocarbonyl (C=S) groups is 1. The van der Waals surface area contributed by atoms with Crippen LogP contribution in [-0.4, -0.2) is 12.5 Å². The van der Waals surface area contributed by atoms with E-state index in [1.807, 2.05) is 0 Å². The summed E-state index contributed by atoms with van der Waals surface area (Å²) < 4.78 is 26.6. The van der Waals surface area contributed by atoms with E-state index < -0.39 is 5.92 Å². The molecule has 0 aliphatic carbocycles. The number of halogens is 2. The van der Waals surface area contributed by atoms with Gasteiger partial charge in [0.1, 0.15) is 0 Å². The summed E-state index contributed by atoms with van der Waals surface area (Å²) in [6, 6.07) is 4.52. The van der Waals surface area contributed by atoms with Crippen LogP contribution in [0.15, 0.2) is 18.2 Å². The maximum atomic E-state index is 13.3. The second kappa shape index (κ2) is 4.58. The molecule has 0 atom stereocenters. The van der Waals surface area contributed by atoms with E-state index in [4.69, 9.17) is 18.6 Å². The Morgan fingerprint density at radius 2 is 2.12 bits per heavy atom. The Labute approximate surface area is 99.1 Å². The van der Waals surface area contributed by atoms with Crippen molar-refractivity contribution >= 4 is 23.4 Å². The number of rotatable bonds is 3. The number of alkyl halides is 2. The van der Waals surface area contributed by atoms with E-state index >= 15 is 0 Å². The Balaban J connectivity index is 3.34. The third-order valence-electron chi connectivity index (χ3n) is 2.20. The fourth-order valence-electron chi connectivity index (χ4n) is 1.30. The molecule has 0 radical (unpaired) electrons. The first-order valence-corrected chi connectivity index (χ1v) is 5.04. The minimum atomic E-state index is -2.96. The third-order valence-corrected chi connectivity index (χ3v) is 2.51. The Kier molecular flexibility index (Phi) is 3.61. The normalized spacial score (nSPS) is 10.7. The molecule has 0 unspecified atom stereocenters. The smallest absolute Gasteiger partial charge is 0.271 e. The molecule has 0 aliphatic rings. The zero-order chi connectivity index (χ0) is 12.3. The van der Waals surface area contributed by atoms with Crippen molar-refractivity contribution in [2.75, 3.05) is 11.9 Å². The van der Waals surface area contributed by atoms with E-state index in [9.17, 15) is 8.78 Å². The monoisotopic (exact) mass is 239 g/mol. The van der Waals surface area contributed by atoms with Gasteiger partial charge < -0.3 is 4.90 Å². The number of hydrogen-bond donors (Lipinski definition) is 0. The molecule has 0 spiro atoms. The van der Waals surface area contributed by atoms with Gasteiger partial charge in [-0.1, -0.05) is 18.1 Å². The maximum Gasteiger partial charge on any atom is 0.271 e. The summed E-state index contributed by atoms with van der Waals surface area (Å²) in [5.41, 5.74) is 2.01. The van der Waals surface area contributed by atoms with Crippen molar-refractivity contribution in [1.82, 2.24) is 0 Å². The molecule has 0 saturated carbocycles. The van der Waals surface area contributed by atoms with Crippen LogP contribution in [0.25, 0.3) is 0 Å². The fourth-order valence-corrected chi connectivity index (χ4v) is 1.42. The molecule has 1 aromatic rings. The Hall–Kier alpha value is -1.47. The predicted octanol–water partition coefficient (Wildman–Crippen LogP) is 3.17. The standard InChI is InChI=1S/C12H11F2NS/c1-4-9-5-6-10(15(3)8-16)7-11(9)12(2,13)14/h1,5-8H,2-3H3. The molecule has 16 heavy (non-hydrogen) atoms. The van der Waals surface area contributed by atoms with E-state index in [1.54, 1.807) is 18.0 Å². The highest BCUT2D eigenvalue weighted by Crippen LogP contribution is 2.32. The molecule has 0 aromatic heterocycles. The van der Waals surface area contributed by atoms with Gasteiger partial charge in [0.2, 0.25) is 0 Å². The summed E-state index contributed by atoms with van der Waals surface area (Å²) in [5.74, 6) is -0.707. The van der Waals surface area contributed by atoms with Gasteiger partial charge >= 0.3 is 0 Å². The zero-order valence-corrected chi connectivity index (χ0v) is 9.81. The van der Waals surface area contributed by atoms with Crippen molar-refractivity contribution in [3.63, 3.8) is 0 Å². The van der Waals surface area contributed by atoms with E-state index in [2.05, 4.69) is 5.92 Å². The van der Waals surface area contributed by atoms with Gasteiger partial charge in [-0.25, -0.2) is 8.78 Å². The van der Waals surface area contributed by atoms with Crippen LogP contribution in [0.3, 0.4) is 0 Å². The van der Waals surface area contributed by atoms with Crippen LogP contribution in [0.1, 0.15) is 18.1 Å². The summed E-state index contributed by atoms with van der Waals surface area (Å²) in [7, 11) is 1.69. The van der Waals surface area contributed by atoms with Gasteiger partial charge in [0.15, 0.2) is 0 Å². The second-order valence-electron chi connectivity index (χ2n) is 3.48. The van der Waals surface area contributed by atoms with Crippen molar-refractivity contribution in [2.24, 2.45) is 0 Å². The SMILES string of the molecule is C#Cc1ccc(N(C)C=S)cc1C(C)(F)F. The largest absolute Gasteiger partial charge is 0.342 e. The minimum absolute atomic E-state index is 0.156. The summed E-state index contributed by atoms with van der Waals surface area (Å²) in [6.45, 7) is 0.824. The number of benzene rings is 1. The highest BCUT2D eigenvalue weighted by molar-refractivity contribution is 7.79. The average Bonchev–Trinajstić information content (AvgIpc) is 2.26. The number of hydrogen-bond acceptors (Lipinski definition) is 1. The molecular formula is C12H11F2NS. The van der Waals surface area contributed by atoms with E-state index in [1.165, 1.54) is 17.6 Å². The molecule has 4 heteroatoms. The third kappa shape index (κ3) is 2.56. The lowest BCUT2D eigenvalue weighted by atomic mass is 10.0. The first-order valence-electron chi connectivity index (χ1n) is 4.57. The Bertz CT molecular complexity index is 443. The van der Waals surface area contributed by atoms with Gasteiger partial charge in [0.05, 0.1) is 5.49 Å². The minimum Gasteiger partial charge on any atom is -0.342 e. The Morgan fingerprint density at radius 3 is 2.56 bits per heavy atom. The Morgan fingerprint density at radius 1 is 1.50 bits per heavy atom. The lowest BCUT2D eigenvalue weighted by Crippen LogP contribution is -2.15. The molecule has 0 aliphatic heterocycles. The summed E-state index contributed by atoms with van der Waals surface area (Å²) in [6.07, 6.45) is 5.18. The summed E-state index contributed by atoms with van der Waals surface area (Å²) in [5, 5.41) is 0. The van der Waals surface area contributed by atoms with Crippen molar-refractivity contribution in [2.45, 2.75) is 12.8 Å². The summed E-state index contributed by atoms with van der Waals surface area (Å²) in [4.78, 5) is 1.57. The molecule has 84 valence electrons. The van der Waals surface area contributed by atoms with Crippen LogP contribution in [-0.2, 0) is 5.92 Å². The van der Waals surface area contributed by atoms with E-state index in [-0.39, 0.29) is 11.1 Å². The lowest BCUT2D eigenvalue weighted by molar-refractivity contribution is 0.0172. The predicted molar refractivity (Wildman–Crippen MR) is 66.0 cm³/mol. The first-order chi connectivity index (χ1) is 7.40. The highest BCUT2D eigenvalue weighted by Gasteiger charge is 2.27. The topological polar surface area (TPSA) is 3.24 Å². The fraction of sp³-hybridized carbons (Fsp3) is 0.250. The zero-order valence-electron chi connectivity index (χ0n) is 9.00. The van der Waals surface area contributed by atoms with Crippen molar-refractivity contribution in [3.05, 3.63) is 29.3 Å². The van der Waals surface area contributed by atoms with Crippen LogP contribution in [0.2, 0.25) is 0 Å². The summed E-state index contributed by atoms with van der Waals surface area (Å²) >= 11 is 4.73. The van der Waals surface area contributed by atoms with E-state index in [0.717, 1.165) is 6.92 Å². The quantitative estimate of drug-likeness (QED) is 0.588. The molecule has 0 amide bonds. The van der Waals surface area contributed by atoms with Crippen LogP contribution in [0.5, 0.6) is 0 Å². The molecule has 0 fully saturated rings. The van der Waals surface area contributed by atoms with Crippen molar-refractivity contribution in [1.29, 1.82) is 0 Å². The first kappa shape index (κ1) is 12.6. The molecule has 0 bridgehead atoms. The lowest BCUT2D eigenvalue weighted by Gasteiger charge is -2.18. The number of terminal acetylenes is 1. The van der Waals surface area contributed by atoms with Gasteiger partial charge in [0.25, 0.3) is 5.92 Å². The molecule has 0 N–H and O–H groups in total. The average molecular weight is 239 g/mol. The highest BCUT2D eigenvalue weighted by atomic mass is 32.1. The molecular weight excluding hydrogens is 228 g/mol. The number of anilines is 1. The molecule has 1 nitrogen and oxygen atoms in total. The molecule has 0 heterocycles. The molecule has 0 saturated heterocycles. The van der Waals surface area contributed by atoms with Crippen LogP contribution in [0.4, 0.5) is 14.5 Å². The van der Waals surface area contributed by atoms with Crippen LogP contribution < -0.4 is 4.90 Å². The second-order valence-corrected chi connectivity index (χ2v) is 3.69. The molecule has 1 rings (SSSR count). The van der Waals surface area contributed by atoms with Gasteiger partial charge in [-0.2, -0.15) is 0 Å². The van der Waals surface area contributed by atoms with Crippen molar-refractivity contribution in [3.8, 4) is 12.3 Å². The van der Waals surface area contributed by atoms with Gasteiger partial charge in [-0.15, -0.1) is 6.42 Å². The van der Waals surface area contributed by atoms with Gasteiger partial charge in [-0.05, 0) is 18.2 Å². The van der Waals surface area contributed by atoms with Crippen LogP contribution in [0, 0.1) is 12.3 Å². The molecule has 1 aromatic carbocycles. The van der Waals surface area contributed by atoms with Crippen LogP contribution >= 0.6 is 12.2 Å².